The molecule has 0 aliphatic rings. The van der Waals surface area contributed by atoms with Gasteiger partial charge in [0.15, 0.2) is 0 Å². The fourth-order valence-electron chi connectivity index (χ4n) is 0. The molecule has 0 amide bonds. The first-order chi connectivity index (χ1) is 3.27. The first-order valence-electron chi connectivity index (χ1n) is 1.50. The topological polar surface area (TPSA) is 37.3 Å². The van der Waals surface area contributed by atoms with Gasteiger partial charge in [-0.3, -0.25) is 0 Å². The zero-order valence-electron chi connectivity index (χ0n) is 4.02. The molecule has 0 heterocycles. The van der Waals surface area contributed by atoms with Gasteiger partial charge in [-0.25, -0.2) is 4.79 Å². The number of carbonyl (C=O) groups is 1. The predicted octanol–water partition coefficient (Wildman–Crippen LogP) is 0.566. The van der Waals surface area contributed by atoms with Crippen molar-refractivity contribution in [1.82, 2.24) is 0 Å². The molecule has 1 N–H and O–H groups in total. The molecule has 0 bridgehead atoms. The summed E-state index contributed by atoms with van der Waals surface area (Å²) in [5.74, 6) is -0.981. The molecule has 0 saturated carbocycles. The molecule has 0 unspecified atom stereocenters. The fourth-order valence-corrected chi connectivity index (χ4v) is 0. The summed E-state index contributed by atoms with van der Waals surface area (Å²) < 4.78 is 4.83. The Bertz CT molecular complexity index is 64.0. The molecule has 0 aromatic rings. The number of aliphatic carboxylic acids is 1. The molecule has 2 nitrogen and oxygen atoms in total. The summed E-state index contributed by atoms with van der Waals surface area (Å²) in [4.78, 5) is 9.25. The molecule has 0 aromatic heterocycles. The third-order valence-corrected chi connectivity index (χ3v) is 0.175. The van der Waals surface area contributed by atoms with Crippen molar-refractivity contribution >= 4 is 56.9 Å². The molecule has 0 aliphatic carbocycles. The number of carboxylic acid groups (broad SMARTS) is 1. The monoisotopic (exact) mass is 146 g/mol. The van der Waals surface area contributed by atoms with Crippen LogP contribution in [0.5, 0.6) is 0 Å². The molecule has 4 heteroatoms. The van der Waals surface area contributed by atoms with Gasteiger partial charge in [-0.1, -0.05) is 6.58 Å². The SMILES string of the molecule is C=CC(=O)O.[Cl][K]. The summed E-state index contributed by atoms with van der Waals surface area (Å²) in [7, 11) is 0. The van der Waals surface area contributed by atoms with Gasteiger partial charge in [-0.2, -0.15) is 0 Å². The van der Waals surface area contributed by atoms with Crippen LogP contribution in [0.1, 0.15) is 0 Å². The molecule has 0 radical (unpaired) electrons. The van der Waals surface area contributed by atoms with E-state index in [-0.39, 0.29) is 0 Å². The third kappa shape index (κ3) is 19.1. The zero-order valence-corrected chi connectivity index (χ0v) is 7.90. The van der Waals surface area contributed by atoms with Crippen molar-refractivity contribution in [3.8, 4) is 0 Å². The summed E-state index contributed by atoms with van der Waals surface area (Å²) in [5.41, 5.74) is 0. The quantitative estimate of drug-likeness (QED) is 0.434. The van der Waals surface area contributed by atoms with Crippen LogP contribution in [-0.4, -0.2) is 58.2 Å². The van der Waals surface area contributed by atoms with E-state index in [0.717, 1.165) is 6.08 Å². The minimum absolute atomic E-state index is 0.535. The van der Waals surface area contributed by atoms with Crippen LogP contribution >= 0.6 is 3.76 Å². The molecule has 36 valence electrons. The molecule has 7 heavy (non-hydrogen) atoms. The number of carboxylic acids is 1. The summed E-state index contributed by atoms with van der Waals surface area (Å²) in [6.07, 6.45) is 0.833. The van der Waals surface area contributed by atoms with Crippen molar-refractivity contribution in [2.24, 2.45) is 0 Å². The number of rotatable bonds is 1. The fraction of sp³-hybridized carbons (Fsp3) is 0. The Morgan fingerprint density at radius 2 is 2.00 bits per heavy atom. The van der Waals surface area contributed by atoms with Gasteiger partial charge in [0.2, 0.25) is 0 Å². The Balaban J connectivity index is 0. The maximum absolute atomic E-state index is 9.25. The van der Waals surface area contributed by atoms with Crippen molar-refractivity contribution in [3.05, 3.63) is 12.7 Å². The Morgan fingerprint density at radius 3 is 2.00 bits per heavy atom. The molecular formula is C3H4ClKO2. The van der Waals surface area contributed by atoms with Crippen molar-refractivity contribution in [2.75, 3.05) is 0 Å². The van der Waals surface area contributed by atoms with Gasteiger partial charge in [-0.05, 0) is 0 Å². The Labute approximate surface area is 77.9 Å². The molecule has 0 fully saturated rings. The van der Waals surface area contributed by atoms with Crippen LogP contribution in [0.15, 0.2) is 12.7 Å². The average molecular weight is 147 g/mol. The molecular weight excluding hydrogens is 143 g/mol. The normalized spacial score (nSPS) is 5.57. The van der Waals surface area contributed by atoms with E-state index < -0.39 is 5.97 Å². The molecule has 0 rings (SSSR count). The Hall–Kier alpha value is 1.14. The second-order valence-electron chi connectivity index (χ2n) is 0.542. The van der Waals surface area contributed by atoms with Crippen LogP contribution in [0.2, 0.25) is 0 Å². The number of halogens is 1. The van der Waals surface area contributed by atoms with E-state index in [1.807, 2.05) is 0 Å². The minimum atomic E-state index is -0.981. The number of hydrogen-bond donors (Lipinski definition) is 1. The Kier molecular flexibility index (Phi) is 16.0. The predicted molar refractivity (Wildman–Crippen MR) is 29.4 cm³/mol. The molecule has 0 atom stereocenters. The maximum atomic E-state index is 9.25. The molecule has 0 aliphatic heterocycles. The first-order valence-corrected chi connectivity index (χ1v) is 5.80. The van der Waals surface area contributed by atoms with Gasteiger partial charge in [0.1, 0.15) is 0 Å². The third-order valence-electron chi connectivity index (χ3n) is 0.175. The average Bonchev–Trinajstić information content (AvgIpc) is 1.73. The van der Waals surface area contributed by atoms with E-state index >= 15 is 0 Å². The zero-order chi connectivity index (χ0) is 6.28. The van der Waals surface area contributed by atoms with E-state index in [1.165, 1.54) is 0 Å². The van der Waals surface area contributed by atoms with Gasteiger partial charge >= 0.3 is 56.9 Å². The van der Waals surface area contributed by atoms with E-state index in [4.69, 9.17) is 8.87 Å². The molecule has 0 aromatic carbocycles. The van der Waals surface area contributed by atoms with Crippen LogP contribution in [0, 0.1) is 0 Å². The first kappa shape index (κ1) is 11.0. The van der Waals surface area contributed by atoms with Gasteiger partial charge in [0, 0.05) is 6.08 Å². The summed E-state index contributed by atoms with van der Waals surface area (Å²) in [6.45, 7) is 2.96. The second kappa shape index (κ2) is 10.2. The van der Waals surface area contributed by atoms with Crippen LogP contribution < -0.4 is 0 Å². The van der Waals surface area contributed by atoms with E-state index in [0.29, 0.717) is 47.1 Å². The molecule has 0 spiro atoms. The molecule has 0 saturated heterocycles. The van der Waals surface area contributed by atoms with E-state index in [2.05, 4.69) is 6.58 Å². The van der Waals surface area contributed by atoms with Crippen LogP contribution in [0.25, 0.3) is 0 Å². The summed E-state index contributed by atoms with van der Waals surface area (Å²) in [6, 6.07) is 0. The Morgan fingerprint density at radius 1 is 1.86 bits per heavy atom. The van der Waals surface area contributed by atoms with Gasteiger partial charge in [-0.15, -0.1) is 0 Å². The van der Waals surface area contributed by atoms with E-state index in [9.17, 15) is 4.79 Å². The summed E-state index contributed by atoms with van der Waals surface area (Å²) >= 11 is 0.535. The van der Waals surface area contributed by atoms with Crippen LogP contribution in [0.3, 0.4) is 0 Å². The van der Waals surface area contributed by atoms with Crippen LogP contribution in [-0.2, 0) is 4.79 Å². The standard InChI is InChI=1S/C3H4O2.ClH.K/c1-2-3(4)5;;/h2H,1H2,(H,4,5);1H;/q;;+1/p-1. The summed E-state index contributed by atoms with van der Waals surface area (Å²) in [5, 5.41) is 7.60. The van der Waals surface area contributed by atoms with Gasteiger partial charge < -0.3 is 5.11 Å². The second-order valence-corrected chi connectivity index (χ2v) is 0.542. The van der Waals surface area contributed by atoms with Crippen molar-refractivity contribution in [2.45, 2.75) is 0 Å². The van der Waals surface area contributed by atoms with Crippen molar-refractivity contribution < 1.29 is 9.90 Å². The van der Waals surface area contributed by atoms with Gasteiger partial charge in [0.25, 0.3) is 0 Å². The van der Waals surface area contributed by atoms with Gasteiger partial charge in [0.05, 0.1) is 0 Å². The van der Waals surface area contributed by atoms with Crippen molar-refractivity contribution in [3.63, 3.8) is 0 Å². The number of hydrogen-bond acceptors (Lipinski definition) is 1. The van der Waals surface area contributed by atoms with E-state index in [1.54, 1.807) is 0 Å². The van der Waals surface area contributed by atoms with Crippen molar-refractivity contribution in [1.29, 1.82) is 0 Å². The van der Waals surface area contributed by atoms with Crippen LogP contribution in [0.4, 0.5) is 0 Å².